The fraction of sp³-hybridized carbons (Fsp3) is 0.455. The molecule has 1 fully saturated rings. The zero-order valence-electron chi connectivity index (χ0n) is 7.91. The molecule has 0 spiro atoms. The van der Waals surface area contributed by atoms with E-state index in [4.69, 9.17) is 16.7 Å². The molecule has 0 amide bonds. The minimum Gasteiger partial charge on any atom is -0.395 e. The second kappa shape index (κ2) is 4.30. The molecule has 0 saturated carbocycles. The van der Waals surface area contributed by atoms with Gasteiger partial charge in [0.2, 0.25) is 0 Å². The van der Waals surface area contributed by atoms with Crippen LogP contribution in [0.3, 0.4) is 0 Å². The molecule has 0 radical (unpaired) electrons. The van der Waals surface area contributed by atoms with Crippen LogP contribution in [0.25, 0.3) is 0 Å². The Kier molecular flexibility index (Phi) is 3.06. The molecule has 14 heavy (non-hydrogen) atoms. The van der Waals surface area contributed by atoms with Crippen LogP contribution in [0.1, 0.15) is 24.4 Å². The summed E-state index contributed by atoms with van der Waals surface area (Å²) in [6.07, 6.45) is 2.11. The van der Waals surface area contributed by atoms with E-state index in [1.165, 1.54) is 5.56 Å². The van der Waals surface area contributed by atoms with Gasteiger partial charge in [-0.15, -0.1) is 0 Å². The Bertz CT molecular complexity index is 316. The average molecular weight is 212 g/mol. The number of aliphatic hydroxyl groups is 1. The monoisotopic (exact) mass is 211 g/mol. The van der Waals surface area contributed by atoms with Gasteiger partial charge in [-0.25, -0.2) is 0 Å². The van der Waals surface area contributed by atoms with Gasteiger partial charge in [-0.1, -0.05) is 23.7 Å². The van der Waals surface area contributed by atoms with Crippen molar-refractivity contribution in [2.24, 2.45) is 0 Å². The van der Waals surface area contributed by atoms with Crippen LogP contribution in [0, 0.1) is 0 Å². The van der Waals surface area contributed by atoms with Crippen molar-refractivity contribution in [1.29, 1.82) is 0 Å². The third-order valence-electron chi connectivity index (χ3n) is 2.71. The molecule has 2 N–H and O–H groups in total. The van der Waals surface area contributed by atoms with Crippen molar-refractivity contribution in [2.75, 3.05) is 6.61 Å². The number of hydrogen-bond acceptors (Lipinski definition) is 2. The van der Waals surface area contributed by atoms with Crippen molar-refractivity contribution in [2.45, 2.75) is 24.9 Å². The quantitative estimate of drug-likeness (QED) is 0.786. The van der Waals surface area contributed by atoms with Crippen LogP contribution in [0.5, 0.6) is 0 Å². The average Bonchev–Trinajstić information content (AvgIpc) is 2.66. The van der Waals surface area contributed by atoms with E-state index in [0.29, 0.717) is 6.04 Å². The Balaban J connectivity index is 2.09. The summed E-state index contributed by atoms with van der Waals surface area (Å²) >= 11 is 5.92. The van der Waals surface area contributed by atoms with E-state index in [2.05, 4.69) is 11.4 Å². The maximum absolute atomic E-state index is 9.00. The molecule has 1 aromatic carbocycles. The highest BCUT2D eigenvalue weighted by Gasteiger charge is 2.23. The van der Waals surface area contributed by atoms with Crippen molar-refractivity contribution in [3.05, 3.63) is 34.9 Å². The van der Waals surface area contributed by atoms with E-state index in [9.17, 15) is 0 Å². The van der Waals surface area contributed by atoms with E-state index in [1.54, 1.807) is 0 Å². The summed E-state index contributed by atoms with van der Waals surface area (Å²) in [4.78, 5) is 0. The van der Waals surface area contributed by atoms with E-state index in [-0.39, 0.29) is 12.6 Å². The zero-order chi connectivity index (χ0) is 9.97. The molecule has 2 atom stereocenters. The summed E-state index contributed by atoms with van der Waals surface area (Å²) in [5.74, 6) is 0. The molecular weight excluding hydrogens is 198 g/mol. The van der Waals surface area contributed by atoms with Gasteiger partial charge < -0.3 is 10.4 Å². The van der Waals surface area contributed by atoms with Gasteiger partial charge in [-0.3, -0.25) is 0 Å². The Morgan fingerprint density at radius 3 is 2.93 bits per heavy atom. The minimum atomic E-state index is 0.219. The molecule has 0 bridgehead atoms. The lowest BCUT2D eigenvalue weighted by atomic mass is 10.1. The third kappa shape index (κ3) is 2.08. The minimum absolute atomic E-state index is 0.219. The highest BCUT2D eigenvalue weighted by atomic mass is 35.5. The second-order valence-corrected chi connectivity index (χ2v) is 4.17. The lowest BCUT2D eigenvalue weighted by Crippen LogP contribution is -2.27. The van der Waals surface area contributed by atoms with Crippen LogP contribution >= 0.6 is 11.6 Å². The van der Waals surface area contributed by atoms with E-state index in [0.717, 1.165) is 17.9 Å². The Morgan fingerprint density at radius 2 is 2.29 bits per heavy atom. The van der Waals surface area contributed by atoms with Crippen molar-refractivity contribution < 1.29 is 5.11 Å². The third-order valence-corrected chi connectivity index (χ3v) is 2.95. The van der Waals surface area contributed by atoms with E-state index >= 15 is 0 Å². The van der Waals surface area contributed by atoms with Crippen LogP contribution in [0.15, 0.2) is 24.3 Å². The number of hydrogen-bond donors (Lipinski definition) is 2. The molecule has 1 heterocycles. The first kappa shape index (κ1) is 9.97. The maximum atomic E-state index is 9.00. The van der Waals surface area contributed by atoms with Crippen LogP contribution in [0.2, 0.25) is 5.02 Å². The van der Waals surface area contributed by atoms with Gasteiger partial charge in [0.15, 0.2) is 0 Å². The van der Waals surface area contributed by atoms with Crippen LogP contribution < -0.4 is 5.32 Å². The molecule has 1 aromatic rings. The summed E-state index contributed by atoms with van der Waals surface area (Å²) in [5.41, 5.74) is 1.22. The van der Waals surface area contributed by atoms with Gasteiger partial charge in [-0.05, 0) is 30.5 Å². The first-order chi connectivity index (χ1) is 6.79. The molecule has 1 aliphatic heterocycles. The largest absolute Gasteiger partial charge is 0.395 e. The molecule has 0 aromatic heterocycles. The highest BCUT2D eigenvalue weighted by molar-refractivity contribution is 6.30. The molecule has 2 rings (SSSR count). The van der Waals surface area contributed by atoms with Gasteiger partial charge in [0.1, 0.15) is 0 Å². The van der Waals surface area contributed by atoms with Gasteiger partial charge in [0, 0.05) is 17.1 Å². The standard InChI is InChI=1S/C11H14ClNO/c12-9-3-1-2-8(6-9)11-5-4-10(7-14)13-11/h1-3,6,10-11,13-14H,4-5,7H2. The fourth-order valence-corrected chi connectivity index (χ4v) is 2.15. The number of rotatable bonds is 2. The summed E-state index contributed by atoms with van der Waals surface area (Å²) in [6, 6.07) is 8.50. The molecule has 3 heteroatoms. The Hall–Kier alpha value is -0.570. The molecule has 2 unspecified atom stereocenters. The Morgan fingerprint density at radius 1 is 1.43 bits per heavy atom. The topological polar surface area (TPSA) is 32.3 Å². The fourth-order valence-electron chi connectivity index (χ4n) is 1.95. The summed E-state index contributed by atoms with van der Waals surface area (Å²) in [5, 5.41) is 13.1. The van der Waals surface area contributed by atoms with Crippen molar-refractivity contribution in [3.8, 4) is 0 Å². The lowest BCUT2D eigenvalue weighted by Gasteiger charge is -2.13. The van der Waals surface area contributed by atoms with Gasteiger partial charge >= 0.3 is 0 Å². The van der Waals surface area contributed by atoms with Crippen LogP contribution in [-0.4, -0.2) is 17.8 Å². The SMILES string of the molecule is OCC1CCC(c2cccc(Cl)c2)N1. The maximum Gasteiger partial charge on any atom is 0.0584 e. The molecular formula is C11H14ClNO. The summed E-state index contributed by atoms with van der Waals surface area (Å²) < 4.78 is 0. The lowest BCUT2D eigenvalue weighted by molar-refractivity contribution is 0.251. The molecule has 0 aliphatic carbocycles. The van der Waals surface area contributed by atoms with Crippen molar-refractivity contribution in [3.63, 3.8) is 0 Å². The first-order valence-electron chi connectivity index (χ1n) is 4.92. The predicted octanol–water partition coefficient (Wildman–Crippen LogP) is 2.13. The van der Waals surface area contributed by atoms with E-state index < -0.39 is 0 Å². The van der Waals surface area contributed by atoms with Crippen LogP contribution in [0.4, 0.5) is 0 Å². The normalized spacial score (nSPS) is 26.7. The first-order valence-corrected chi connectivity index (χ1v) is 5.30. The molecule has 1 saturated heterocycles. The van der Waals surface area contributed by atoms with Gasteiger partial charge in [0.05, 0.1) is 6.61 Å². The molecule has 1 aliphatic rings. The van der Waals surface area contributed by atoms with Crippen LogP contribution in [-0.2, 0) is 0 Å². The highest BCUT2D eigenvalue weighted by Crippen LogP contribution is 2.27. The number of nitrogens with one attached hydrogen (secondary N) is 1. The number of aliphatic hydroxyl groups excluding tert-OH is 1. The molecule has 2 nitrogen and oxygen atoms in total. The molecule has 76 valence electrons. The van der Waals surface area contributed by atoms with Gasteiger partial charge in [-0.2, -0.15) is 0 Å². The Labute approximate surface area is 88.9 Å². The number of halogens is 1. The smallest absolute Gasteiger partial charge is 0.0584 e. The van der Waals surface area contributed by atoms with Gasteiger partial charge in [0.25, 0.3) is 0 Å². The number of benzene rings is 1. The zero-order valence-corrected chi connectivity index (χ0v) is 8.67. The summed E-state index contributed by atoms with van der Waals surface area (Å²) in [7, 11) is 0. The van der Waals surface area contributed by atoms with Crippen molar-refractivity contribution >= 4 is 11.6 Å². The second-order valence-electron chi connectivity index (χ2n) is 3.73. The predicted molar refractivity (Wildman–Crippen MR) is 57.4 cm³/mol. The van der Waals surface area contributed by atoms with Crippen molar-refractivity contribution in [1.82, 2.24) is 5.32 Å². The summed E-state index contributed by atoms with van der Waals surface area (Å²) in [6.45, 7) is 0.219. The van der Waals surface area contributed by atoms with E-state index in [1.807, 2.05) is 18.2 Å².